The van der Waals surface area contributed by atoms with Crippen LogP contribution in [0.5, 0.6) is 0 Å². The lowest BCUT2D eigenvalue weighted by Crippen LogP contribution is -2.32. The third-order valence-electron chi connectivity index (χ3n) is 5.76. The predicted octanol–water partition coefficient (Wildman–Crippen LogP) is 3.02. The van der Waals surface area contributed by atoms with E-state index in [-0.39, 0.29) is 22.2 Å². The third-order valence-corrected chi connectivity index (χ3v) is 8.81. The van der Waals surface area contributed by atoms with E-state index in [0.29, 0.717) is 44.1 Å². The van der Waals surface area contributed by atoms with E-state index in [1.165, 1.54) is 10.9 Å². The van der Waals surface area contributed by atoms with Crippen LogP contribution in [-0.4, -0.2) is 40.9 Å². The molecule has 1 aromatic carbocycles. The highest BCUT2D eigenvalue weighted by Crippen LogP contribution is 2.29. The number of nitrogens with one attached hydrogen (secondary N) is 2. The molecule has 0 saturated carbocycles. The number of sulfonamides is 1. The number of carbonyl (C=O) groups is 1. The van der Waals surface area contributed by atoms with Crippen molar-refractivity contribution >= 4 is 43.9 Å². The maximum absolute atomic E-state index is 13.1. The molecule has 12 heteroatoms. The summed E-state index contributed by atoms with van der Waals surface area (Å²) in [6.45, 7) is 7.06. The Hall–Kier alpha value is -3.64. The topological polar surface area (TPSA) is 136 Å². The lowest BCUT2D eigenvalue weighted by molar-refractivity contribution is -0.124. The highest BCUT2D eigenvalue weighted by atomic mass is 32.2. The largest absolute Gasteiger partial charge is 0.359 e. The first kappa shape index (κ1) is 25.5. The number of nitrogens with zero attached hydrogens (tertiary/aromatic N) is 4. The lowest BCUT2D eigenvalue weighted by atomic mass is 10.0. The van der Waals surface area contributed by atoms with Crippen LogP contribution in [0.2, 0.25) is 0 Å². The van der Waals surface area contributed by atoms with Crippen molar-refractivity contribution in [3.05, 3.63) is 63.5 Å². The van der Waals surface area contributed by atoms with Gasteiger partial charge in [0.25, 0.3) is 15.6 Å². The average Bonchev–Trinajstić information content (AvgIpc) is 3.20. The van der Waals surface area contributed by atoms with Gasteiger partial charge in [-0.25, -0.2) is 18.4 Å². The van der Waals surface area contributed by atoms with E-state index in [0.717, 1.165) is 11.3 Å². The Labute approximate surface area is 212 Å². The Bertz CT molecular complexity index is 1640. The molecule has 0 aliphatic rings. The van der Waals surface area contributed by atoms with Crippen molar-refractivity contribution < 1.29 is 13.2 Å². The van der Waals surface area contributed by atoms with Gasteiger partial charge in [0, 0.05) is 25.4 Å². The molecular formula is C24H26N6O4S2. The first-order valence-corrected chi connectivity index (χ1v) is 13.4. The molecule has 3 heterocycles. The number of benzene rings is 1. The van der Waals surface area contributed by atoms with Gasteiger partial charge in [0.2, 0.25) is 5.91 Å². The van der Waals surface area contributed by atoms with Crippen molar-refractivity contribution in [1.82, 2.24) is 24.8 Å². The van der Waals surface area contributed by atoms with Crippen molar-refractivity contribution in [3.8, 4) is 11.1 Å². The number of aromatic nitrogens is 4. The van der Waals surface area contributed by atoms with E-state index in [4.69, 9.17) is 0 Å². The fourth-order valence-corrected chi connectivity index (χ4v) is 6.43. The van der Waals surface area contributed by atoms with E-state index < -0.39 is 15.9 Å². The highest BCUT2D eigenvalue weighted by Gasteiger charge is 2.22. The summed E-state index contributed by atoms with van der Waals surface area (Å²) in [4.78, 5) is 38.0. The molecule has 10 nitrogen and oxygen atoms in total. The normalized spacial score (nSPS) is 12.5. The van der Waals surface area contributed by atoms with Gasteiger partial charge in [-0.2, -0.15) is 0 Å². The molecule has 0 spiro atoms. The second-order valence-electron chi connectivity index (χ2n) is 8.52. The number of anilines is 1. The first-order chi connectivity index (χ1) is 17.0. The fourth-order valence-electron chi connectivity index (χ4n) is 3.84. The van der Waals surface area contributed by atoms with E-state index >= 15 is 0 Å². The first-order valence-electron chi connectivity index (χ1n) is 11.1. The van der Waals surface area contributed by atoms with Gasteiger partial charge in [-0.15, -0.1) is 11.3 Å². The summed E-state index contributed by atoms with van der Waals surface area (Å²) in [6.07, 6.45) is 3.06. The maximum Gasteiger partial charge on any atom is 0.273 e. The van der Waals surface area contributed by atoms with Crippen LogP contribution in [-0.2, 0) is 21.4 Å². The number of hydrogen-bond acceptors (Lipinski definition) is 8. The van der Waals surface area contributed by atoms with Gasteiger partial charge in [-0.05, 0) is 44.5 Å². The number of pyridine rings is 1. The minimum atomic E-state index is -3.84. The van der Waals surface area contributed by atoms with Crippen LogP contribution in [0, 0.1) is 26.7 Å². The predicted molar refractivity (Wildman–Crippen MR) is 140 cm³/mol. The van der Waals surface area contributed by atoms with Crippen LogP contribution in [0.25, 0.3) is 22.0 Å². The molecule has 2 N–H and O–H groups in total. The minimum Gasteiger partial charge on any atom is -0.359 e. The summed E-state index contributed by atoms with van der Waals surface area (Å²) in [5.74, 6) is -0.571. The van der Waals surface area contributed by atoms with Gasteiger partial charge in [0.1, 0.15) is 0 Å². The van der Waals surface area contributed by atoms with Crippen molar-refractivity contribution in [1.29, 1.82) is 0 Å². The Balaban J connectivity index is 1.71. The highest BCUT2D eigenvalue weighted by molar-refractivity contribution is 7.94. The molecule has 1 unspecified atom stereocenters. The van der Waals surface area contributed by atoms with E-state index in [1.807, 2.05) is 0 Å². The molecule has 1 atom stereocenters. The molecule has 3 aromatic heterocycles. The number of carbonyl (C=O) groups excluding carboxylic acids is 1. The Kier molecular flexibility index (Phi) is 6.92. The molecule has 4 rings (SSSR count). The molecular weight excluding hydrogens is 500 g/mol. The van der Waals surface area contributed by atoms with E-state index in [2.05, 4.69) is 25.0 Å². The minimum absolute atomic E-state index is 0.160. The zero-order chi connectivity index (χ0) is 26.2. The molecule has 0 aliphatic carbocycles. The summed E-state index contributed by atoms with van der Waals surface area (Å²) in [5.41, 5.74) is 2.84. The number of rotatable bonds is 7. The smallest absolute Gasteiger partial charge is 0.273 e. The second kappa shape index (κ2) is 9.78. The van der Waals surface area contributed by atoms with Gasteiger partial charge < -0.3 is 5.32 Å². The van der Waals surface area contributed by atoms with Crippen molar-refractivity contribution in [3.63, 3.8) is 0 Å². The summed E-state index contributed by atoms with van der Waals surface area (Å²) in [5, 5.41) is 3.63. The molecule has 0 saturated heterocycles. The number of aryl methyl sites for hydroxylation is 3. The van der Waals surface area contributed by atoms with E-state index in [1.54, 1.807) is 65.2 Å². The summed E-state index contributed by atoms with van der Waals surface area (Å²) < 4.78 is 30.2. The van der Waals surface area contributed by atoms with Crippen LogP contribution in [0.1, 0.15) is 23.3 Å². The van der Waals surface area contributed by atoms with Crippen molar-refractivity contribution in [2.75, 3.05) is 11.8 Å². The van der Waals surface area contributed by atoms with Gasteiger partial charge in [-0.1, -0.05) is 13.0 Å². The number of amides is 1. The van der Waals surface area contributed by atoms with Crippen LogP contribution in [0.15, 0.2) is 45.8 Å². The van der Waals surface area contributed by atoms with Gasteiger partial charge >= 0.3 is 0 Å². The number of hydrogen-bond donors (Lipinski definition) is 2. The van der Waals surface area contributed by atoms with Crippen molar-refractivity contribution in [2.45, 2.75) is 38.4 Å². The molecule has 0 fully saturated rings. The van der Waals surface area contributed by atoms with Crippen LogP contribution < -0.4 is 15.6 Å². The van der Waals surface area contributed by atoms with Gasteiger partial charge in [0.15, 0.2) is 4.21 Å². The quantitative estimate of drug-likeness (QED) is 0.378. The number of fused-ring (bicyclic) bond motifs is 1. The van der Waals surface area contributed by atoms with Gasteiger partial charge in [0.05, 0.1) is 45.2 Å². The second-order valence-corrected chi connectivity index (χ2v) is 11.6. The van der Waals surface area contributed by atoms with Crippen molar-refractivity contribution in [2.24, 2.45) is 5.92 Å². The van der Waals surface area contributed by atoms with Gasteiger partial charge in [-0.3, -0.25) is 23.9 Å². The van der Waals surface area contributed by atoms with Crippen LogP contribution >= 0.6 is 11.3 Å². The Morgan fingerprint density at radius 2 is 1.86 bits per heavy atom. The van der Waals surface area contributed by atoms with E-state index in [9.17, 15) is 18.0 Å². The Morgan fingerprint density at radius 1 is 1.11 bits per heavy atom. The molecule has 188 valence electrons. The fraction of sp³-hybridized carbons (Fsp3) is 0.292. The molecule has 0 aliphatic heterocycles. The third kappa shape index (κ3) is 5.00. The summed E-state index contributed by atoms with van der Waals surface area (Å²) in [6, 6.07) is 6.92. The zero-order valence-electron chi connectivity index (χ0n) is 20.5. The molecule has 0 radical (unpaired) electrons. The monoisotopic (exact) mass is 526 g/mol. The maximum atomic E-state index is 13.1. The Morgan fingerprint density at radius 3 is 2.53 bits per heavy atom. The van der Waals surface area contributed by atoms with Crippen LogP contribution in [0.3, 0.4) is 0 Å². The summed E-state index contributed by atoms with van der Waals surface area (Å²) >= 11 is 1.11. The molecule has 4 aromatic rings. The van der Waals surface area contributed by atoms with Crippen LogP contribution in [0.4, 0.5) is 5.69 Å². The SMILES string of the molecule is CNC(=O)C(C)Cn1cnc2ccc(-c3cnc(C)c(NS(=O)(=O)c4sc(C)nc4C)c3)cc2c1=O. The summed E-state index contributed by atoms with van der Waals surface area (Å²) in [7, 11) is -2.29. The molecule has 0 bridgehead atoms. The standard InChI is InChI=1S/C24H26N6O4S2/c1-13(22(31)25-5)11-30-12-27-20-7-6-17(8-19(20)23(30)32)18-9-21(14(2)26-10-18)29-36(33,34)24-15(3)28-16(4)35-24/h6-10,12-13,29H,11H2,1-5H3,(H,25,31). The lowest BCUT2D eigenvalue weighted by Gasteiger charge is -2.13. The molecule has 36 heavy (non-hydrogen) atoms. The number of thiazole rings is 1. The molecule has 1 amide bonds. The average molecular weight is 527 g/mol. The zero-order valence-corrected chi connectivity index (χ0v) is 22.1.